The first kappa shape index (κ1) is 20.2. The Kier molecular flexibility index (Phi) is 6.15. The van der Waals surface area contributed by atoms with Crippen molar-refractivity contribution in [3.63, 3.8) is 0 Å². The molecule has 0 aliphatic carbocycles. The van der Waals surface area contributed by atoms with E-state index >= 15 is 0 Å². The van der Waals surface area contributed by atoms with Gasteiger partial charge in [-0.1, -0.05) is 12.1 Å². The zero-order valence-corrected chi connectivity index (χ0v) is 17.2. The number of nitrogens with zero attached hydrogens (tertiary/aromatic N) is 5. The minimum atomic E-state index is -0.194. The van der Waals surface area contributed by atoms with Gasteiger partial charge in [0.05, 0.1) is 5.69 Å². The lowest BCUT2D eigenvalue weighted by atomic mass is 9.96. The molecule has 1 aliphatic heterocycles. The number of thiophene rings is 1. The van der Waals surface area contributed by atoms with Gasteiger partial charge in [-0.3, -0.25) is 9.59 Å². The molecule has 9 nitrogen and oxygen atoms in total. The highest BCUT2D eigenvalue weighted by Crippen LogP contribution is 2.22. The Morgan fingerprint density at radius 3 is 2.60 bits per heavy atom. The Bertz CT molecular complexity index is 993. The van der Waals surface area contributed by atoms with Crippen LogP contribution in [0.15, 0.2) is 42.0 Å². The van der Waals surface area contributed by atoms with Crippen molar-refractivity contribution in [2.45, 2.75) is 19.3 Å². The fourth-order valence-corrected chi connectivity index (χ4v) is 4.37. The van der Waals surface area contributed by atoms with Gasteiger partial charge in [-0.15, -0.1) is 16.4 Å². The number of anilines is 1. The Morgan fingerprint density at radius 1 is 1.17 bits per heavy atom. The number of nitrogens with one attached hydrogen (secondary N) is 1. The number of likely N-dealkylation sites (tertiary alicyclic amines) is 1. The number of rotatable bonds is 7. The van der Waals surface area contributed by atoms with Gasteiger partial charge in [0, 0.05) is 18.2 Å². The van der Waals surface area contributed by atoms with Crippen LogP contribution in [0.25, 0.3) is 5.69 Å². The van der Waals surface area contributed by atoms with Crippen LogP contribution in [0, 0.1) is 5.92 Å². The molecule has 0 radical (unpaired) electrons. The predicted octanol–water partition coefficient (Wildman–Crippen LogP) is 1.72. The van der Waals surface area contributed by atoms with Crippen LogP contribution in [0.2, 0.25) is 0 Å². The Morgan fingerprint density at radius 2 is 1.93 bits per heavy atom. The third-order valence-electron chi connectivity index (χ3n) is 5.36. The molecule has 1 saturated heterocycles. The summed E-state index contributed by atoms with van der Waals surface area (Å²) in [7, 11) is 0. The molecule has 2 amide bonds. The van der Waals surface area contributed by atoms with E-state index in [1.165, 1.54) is 27.9 Å². The van der Waals surface area contributed by atoms with E-state index in [0.29, 0.717) is 10.6 Å². The van der Waals surface area contributed by atoms with Crippen LogP contribution >= 0.6 is 11.3 Å². The smallest absolute Gasteiger partial charge is 0.267 e. The molecule has 0 spiro atoms. The van der Waals surface area contributed by atoms with Crippen LogP contribution in [0.5, 0.6) is 0 Å². The number of primary amides is 1. The van der Waals surface area contributed by atoms with Crippen LogP contribution < -0.4 is 11.1 Å². The number of hydrogen-bond acceptors (Lipinski definition) is 7. The first-order chi connectivity index (χ1) is 14.6. The number of aromatic nitrogens is 4. The largest absolute Gasteiger partial charge is 0.369 e. The third kappa shape index (κ3) is 4.71. The van der Waals surface area contributed by atoms with Crippen LogP contribution in [0.3, 0.4) is 0 Å². The van der Waals surface area contributed by atoms with Crippen molar-refractivity contribution in [1.82, 2.24) is 25.1 Å². The summed E-state index contributed by atoms with van der Waals surface area (Å²) in [5.74, 6) is -0.352. The molecule has 0 unspecified atom stereocenters. The molecule has 156 valence electrons. The van der Waals surface area contributed by atoms with E-state index < -0.39 is 0 Å². The van der Waals surface area contributed by atoms with E-state index in [4.69, 9.17) is 5.73 Å². The molecular formula is C20H23N7O2S. The molecule has 0 saturated carbocycles. The van der Waals surface area contributed by atoms with E-state index in [1.807, 2.05) is 35.7 Å². The molecule has 3 N–H and O–H groups in total. The molecule has 2 aromatic heterocycles. The molecule has 1 fully saturated rings. The number of amides is 2. The number of piperidine rings is 1. The minimum Gasteiger partial charge on any atom is -0.369 e. The molecule has 30 heavy (non-hydrogen) atoms. The fraction of sp³-hybridized carbons (Fsp3) is 0.350. The van der Waals surface area contributed by atoms with Gasteiger partial charge in [0.2, 0.25) is 5.91 Å². The second-order valence-electron chi connectivity index (χ2n) is 7.31. The maximum absolute atomic E-state index is 12.7. The van der Waals surface area contributed by atoms with E-state index in [-0.39, 0.29) is 17.7 Å². The Balaban J connectivity index is 1.30. The van der Waals surface area contributed by atoms with Gasteiger partial charge in [-0.2, -0.15) is 4.68 Å². The van der Waals surface area contributed by atoms with E-state index in [0.717, 1.165) is 44.6 Å². The second-order valence-corrected chi connectivity index (χ2v) is 8.22. The van der Waals surface area contributed by atoms with Crippen LogP contribution in [-0.4, -0.2) is 56.6 Å². The van der Waals surface area contributed by atoms with E-state index in [2.05, 4.69) is 25.7 Å². The summed E-state index contributed by atoms with van der Waals surface area (Å²) in [4.78, 5) is 26.8. The number of benzene rings is 1. The zero-order valence-electron chi connectivity index (χ0n) is 16.4. The highest BCUT2D eigenvalue weighted by Gasteiger charge is 2.22. The maximum Gasteiger partial charge on any atom is 0.267 e. The third-order valence-corrected chi connectivity index (χ3v) is 6.27. The number of tetrazole rings is 1. The molecule has 1 aliphatic rings. The van der Waals surface area contributed by atoms with Crippen molar-refractivity contribution in [2.24, 2.45) is 11.7 Å². The van der Waals surface area contributed by atoms with Gasteiger partial charge < -0.3 is 16.0 Å². The average Bonchev–Trinajstić information content (AvgIpc) is 3.45. The van der Waals surface area contributed by atoms with Gasteiger partial charge >= 0.3 is 0 Å². The summed E-state index contributed by atoms with van der Waals surface area (Å²) >= 11 is 1.34. The second kappa shape index (κ2) is 9.14. The lowest BCUT2D eigenvalue weighted by molar-refractivity contribution is -0.123. The van der Waals surface area contributed by atoms with Crippen LogP contribution in [0.4, 0.5) is 5.69 Å². The predicted molar refractivity (Wildman–Crippen MR) is 113 cm³/mol. The minimum absolute atomic E-state index is 0.0221. The van der Waals surface area contributed by atoms with E-state index in [9.17, 15) is 9.59 Å². The van der Waals surface area contributed by atoms with Crippen molar-refractivity contribution < 1.29 is 9.59 Å². The highest BCUT2D eigenvalue weighted by atomic mass is 32.1. The highest BCUT2D eigenvalue weighted by molar-refractivity contribution is 7.12. The van der Waals surface area contributed by atoms with Crippen molar-refractivity contribution >= 4 is 28.8 Å². The summed E-state index contributed by atoms with van der Waals surface area (Å²) < 4.78 is 1.47. The molecule has 4 rings (SSSR count). The lowest BCUT2D eigenvalue weighted by Crippen LogP contribution is -2.39. The zero-order chi connectivity index (χ0) is 20.9. The first-order valence-electron chi connectivity index (χ1n) is 9.83. The topological polar surface area (TPSA) is 119 Å². The Labute approximate surface area is 177 Å². The van der Waals surface area contributed by atoms with Crippen molar-refractivity contribution in [2.75, 3.05) is 25.0 Å². The molecular weight excluding hydrogens is 402 g/mol. The Hall–Kier alpha value is -3.11. The normalized spacial score (nSPS) is 15.2. The number of nitrogens with two attached hydrogens (primary N) is 1. The molecule has 3 heterocycles. The first-order valence-corrected chi connectivity index (χ1v) is 10.7. The van der Waals surface area contributed by atoms with Gasteiger partial charge in [0.25, 0.3) is 5.91 Å². The SMILES string of the molecule is NC(=O)C1CCN(CCc2ccc(NC(=O)c3sccc3-n3cnnn3)cc2)CC1. The number of carbonyl (C=O) groups excluding carboxylic acids is 2. The summed E-state index contributed by atoms with van der Waals surface area (Å²) in [6, 6.07) is 9.70. The number of hydrogen-bond donors (Lipinski definition) is 2. The van der Waals surface area contributed by atoms with Gasteiger partial charge in [-0.25, -0.2) is 0 Å². The standard InChI is InChI=1S/C20H23N7O2S/c21-19(28)15-6-10-26(11-7-15)9-5-14-1-3-16(4-2-14)23-20(29)18-17(8-12-30-18)27-13-22-24-25-27/h1-4,8,12-13,15H,5-7,9-11H2,(H2,21,28)(H,23,29). The lowest BCUT2D eigenvalue weighted by Gasteiger charge is -2.30. The monoisotopic (exact) mass is 425 g/mol. The van der Waals surface area contributed by atoms with Crippen molar-refractivity contribution in [1.29, 1.82) is 0 Å². The maximum atomic E-state index is 12.7. The molecule has 1 aromatic carbocycles. The summed E-state index contributed by atoms with van der Waals surface area (Å²) in [5, 5.41) is 15.8. The summed E-state index contributed by atoms with van der Waals surface area (Å²) in [5.41, 5.74) is 7.99. The van der Waals surface area contributed by atoms with E-state index in [1.54, 1.807) is 0 Å². The van der Waals surface area contributed by atoms with Crippen molar-refractivity contribution in [3.8, 4) is 5.69 Å². The average molecular weight is 426 g/mol. The summed E-state index contributed by atoms with van der Waals surface area (Å²) in [6.07, 6.45) is 4.07. The molecule has 0 bridgehead atoms. The molecule has 10 heteroatoms. The van der Waals surface area contributed by atoms with Gasteiger partial charge in [0.1, 0.15) is 11.2 Å². The van der Waals surface area contributed by atoms with Crippen LogP contribution in [0.1, 0.15) is 28.1 Å². The number of carbonyl (C=O) groups is 2. The fourth-order valence-electron chi connectivity index (χ4n) is 3.60. The van der Waals surface area contributed by atoms with Crippen molar-refractivity contribution in [3.05, 3.63) is 52.5 Å². The molecule has 0 atom stereocenters. The van der Waals surface area contributed by atoms with Gasteiger partial charge in [0.15, 0.2) is 0 Å². The van der Waals surface area contributed by atoms with Gasteiger partial charge in [-0.05, 0) is 71.9 Å². The molecule has 3 aromatic rings. The van der Waals surface area contributed by atoms with Crippen LogP contribution in [-0.2, 0) is 11.2 Å². The quantitative estimate of drug-likeness (QED) is 0.595. The summed E-state index contributed by atoms with van der Waals surface area (Å²) in [6.45, 7) is 2.76.